The van der Waals surface area contributed by atoms with Crippen molar-refractivity contribution in [1.82, 2.24) is 9.66 Å². The van der Waals surface area contributed by atoms with Gasteiger partial charge in [0.2, 0.25) is 5.82 Å². The van der Waals surface area contributed by atoms with Crippen LogP contribution in [0.3, 0.4) is 0 Å². The van der Waals surface area contributed by atoms with Gasteiger partial charge in [-0.05, 0) is 62.4 Å². The number of ether oxygens (including phenoxy) is 2. The molecule has 2 aromatic heterocycles. The van der Waals surface area contributed by atoms with E-state index in [1.807, 2.05) is 31.1 Å². The van der Waals surface area contributed by atoms with E-state index in [0.717, 1.165) is 11.1 Å². The highest BCUT2D eigenvalue weighted by Crippen LogP contribution is 2.30. The zero-order chi connectivity index (χ0) is 28.4. The van der Waals surface area contributed by atoms with Crippen molar-refractivity contribution in [3.05, 3.63) is 87.7 Å². The molecule has 0 aliphatic heterocycles. The molecular formula is C30H27ClN4O5. The number of hydrogen-bond acceptors (Lipinski definition) is 8. The van der Waals surface area contributed by atoms with Crippen molar-refractivity contribution < 1.29 is 18.7 Å². The Balaban J connectivity index is 1.63. The van der Waals surface area contributed by atoms with Crippen molar-refractivity contribution in [2.24, 2.45) is 5.10 Å². The second-order valence-electron chi connectivity index (χ2n) is 9.24. The summed E-state index contributed by atoms with van der Waals surface area (Å²) in [6, 6.07) is 19.5. The highest BCUT2D eigenvalue weighted by atomic mass is 35.5. The highest BCUT2D eigenvalue weighted by Gasteiger charge is 2.19. The summed E-state index contributed by atoms with van der Waals surface area (Å²) in [6.45, 7) is 3.59. The van der Waals surface area contributed by atoms with Crippen molar-refractivity contribution in [3.8, 4) is 17.3 Å². The van der Waals surface area contributed by atoms with Gasteiger partial charge < -0.3 is 18.8 Å². The number of furan rings is 1. The van der Waals surface area contributed by atoms with Crippen molar-refractivity contribution >= 4 is 51.3 Å². The molecule has 0 aliphatic carbocycles. The van der Waals surface area contributed by atoms with Gasteiger partial charge in [-0.1, -0.05) is 23.7 Å². The summed E-state index contributed by atoms with van der Waals surface area (Å²) in [6.07, 6.45) is 0.639. The van der Waals surface area contributed by atoms with Crippen LogP contribution in [0.25, 0.3) is 33.5 Å². The number of nitrogens with zero attached hydrogens (tertiary/aromatic N) is 4. The van der Waals surface area contributed by atoms with Crippen molar-refractivity contribution in [3.63, 3.8) is 0 Å². The second-order valence-corrected chi connectivity index (χ2v) is 9.67. The second kappa shape index (κ2) is 11.2. The highest BCUT2D eigenvalue weighted by molar-refractivity contribution is 6.31. The fourth-order valence-corrected chi connectivity index (χ4v) is 4.32. The van der Waals surface area contributed by atoms with Crippen LogP contribution in [0.2, 0.25) is 5.02 Å². The Bertz CT molecular complexity index is 1810. The lowest BCUT2D eigenvalue weighted by Crippen LogP contribution is -2.26. The summed E-state index contributed by atoms with van der Waals surface area (Å²) in [5.41, 5.74) is 2.14. The van der Waals surface area contributed by atoms with Crippen LogP contribution < -0.4 is 15.2 Å². The zero-order valence-electron chi connectivity index (χ0n) is 22.4. The standard InChI is InChI=1S/C30H27ClN4O5/c1-5-38-30(37)18(2)39-26-16-22(34(3)4)12-10-19(26)17-32-35-28(33-24-9-7-6-8-23(24)29(35)36)27-15-20-14-21(31)11-13-25(20)40-27/h6-18H,5H2,1-4H3/t18-/m1/s1. The van der Waals surface area contributed by atoms with Gasteiger partial charge in [-0.3, -0.25) is 4.79 Å². The number of para-hydroxylation sites is 1. The average Bonchev–Trinajstić information content (AvgIpc) is 3.36. The first-order chi connectivity index (χ1) is 19.2. The van der Waals surface area contributed by atoms with Crippen LogP contribution in [-0.2, 0) is 9.53 Å². The predicted octanol–water partition coefficient (Wildman–Crippen LogP) is 5.74. The first-order valence-electron chi connectivity index (χ1n) is 12.7. The van der Waals surface area contributed by atoms with Crippen molar-refractivity contribution in [2.75, 3.05) is 25.6 Å². The monoisotopic (exact) mass is 558 g/mol. The largest absolute Gasteiger partial charge is 0.478 e. The summed E-state index contributed by atoms with van der Waals surface area (Å²) < 4.78 is 18.3. The van der Waals surface area contributed by atoms with Gasteiger partial charge in [0.05, 0.1) is 23.7 Å². The Labute approximate surface area is 235 Å². The molecule has 10 heteroatoms. The molecule has 0 saturated heterocycles. The smallest absolute Gasteiger partial charge is 0.347 e. The van der Waals surface area contributed by atoms with E-state index in [0.29, 0.717) is 38.6 Å². The van der Waals surface area contributed by atoms with Gasteiger partial charge in [0, 0.05) is 41.8 Å². The molecule has 0 spiro atoms. The number of rotatable bonds is 8. The van der Waals surface area contributed by atoms with E-state index in [2.05, 4.69) is 5.10 Å². The summed E-state index contributed by atoms with van der Waals surface area (Å²) in [5.74, 6) is 0.493. The molecule has 1 atom stereocenters. The lowest BCUT2D eigenvalue weighted by atomic mass is 10.2. The number of carbonyl (C=O) groups is 1. The number of esters is 1. The number of hydrogen-bond donors (Lipinski definition) is 0. The Hall–Kier alpha value is -4.63. The number of halogens is 1. The van der Waals surface area contributed by atoms with Crippen LogP contribution in [-0.4, -0.2) is 48.7 Å². The van der Waals surface area contributed by atoms with E-state index in [9.17, 15) is 9.59 Å². The molecule has 5 rings (SSSR count). The van der Waals surface area contributed by atoms with Crippen molar-refractivity contribution in [1.29, 1.82) is 0 Å². The molecule has 0 fully saturated rings. The van der Waals surface area contributed by atoms with E-state index in [4.69, 9.17) is 30.5 Å². The lowest BCUT2D eigenvalue weighted by Gasteiger charge is -2.18. The predicted molar refractivity (Wildman–Crippen MR) is 157 cm³/mol. The normalized spacial score (nSPS) is 12.2. The maximum absolute atomic E-state index is 13.6. The maximum atomic E-state index is 13.6. The van der Waals surface area contributed by atoms with Crippen LogP contribution in [0.4, 0.5) is 5.69 Å². The molecule has 3 aromatic carbocycles. The molecule has 0 unspecified atom stereocenters. The number of benzene rings is 3. The van der Waals surface area contributed by atoms with Gasteiger partial charge in [0.25, 0.3) is 5.56 Å². The maximum Gasteiger partial charge on any atom is 0.347 e. The average molecular weight is 559 g/mol. The van der Waals surface area contributed by atoms with Gasteiger partial charge in [-0.15, -0.1) is 0 Å². The van der Waals surface area contributed by atoms with Gasteiger partial charge in [0.1, 0.15) is 11.3 Å². The minimum Gasteiger partial charge on any atom is -0.478 e. The minimum atomic E-state index is -0.854. The summed E-state index contributed by atoms with van der Waals surface area (Å²) in [4.78, 5) is 32.5. The number of aromatic nitrogens is 2. The quantitative estimate of drug-likeness (QED) is 0.177. The van der Waals surface area contributed by atoms with E-state index >= 15 is 0 Å². The first-order valence-corrected chi connectivity index (χ1v) is 13.0. The fourth-order valence-electron chi connectivity index (χ4n) is 4.14. The first kappa shape index (κ1) is 27.0. The Kier molecular flexibility index (Phi) is 7.57. The molecule has 0 bridgehead atoms. The molecule has 0 aliphatic rings. The molecule has 40 heavy (non-hydrogen) atoms. The lowest BCUT2D eigenvalue weighted by molar-refractivity contribution is -0.150. The zero-order valence-corrected chi connectivity index (χ0v) is 23.2. The summed E-state index contributed by atoms with van der Waals surface area (Å²) in [7, 11) is 3.80. The number of carbonyl (C=O) groups excluding carboxylic acids is 1. The molecule has 5 aromatic rings. The van der Waals surface area contributed by atoms with Crippen molar-refractivity contribution in [2.45, 2.75) is 20.0 Å². The Morgan fingerprint density at radius 2 is 1.95 bits per heavy atom. The van der Waals surface area contributed by atoms with Gasteiger partial charge in [-0.25, -0.2) is 9.78 Å². The Morgan fingerprint density at radius 3 is 2.73 bits per heavy atom. The molecule has 0 amide bonds. The topological polar surface area (TPSA) is 99.2 Å². The molecule has 0 saturated carbocycles. The number of fused-ring (bicyclic) bond motifs is 2. The summed E-state index contributed by atoms with van der Waals surface area (Å²) >= 11 is 6.16. The fraction of sp³-hybridized carbons (Fsp3) is 0.200. The van der Waals surface area contributed by atoms with E-state index in [1.165, 1.54) is 10.9 Å². The minimum absolute atomic E-state index is 0.222. The van der Waals surface area contributed by atoms with Crippen LogP contribution in [0, 0.1) is 0 Å². The third-order valence-corrected chi connectivity index (χ3v) is 6.44. The third-order valence-electron chi connectivity index (χ3n) is 6.20. The SMILES string of the molecule is CCOC(=O)[C@@H](C)Oc1cc(N(C)C)ccc1C=Nn1c(-c2cc3cc(Cl)ccc3o2)nc2ccccc2c1=O. The van der Waals surface area contributed by atoms with Gasteiger partial charge in [-0.2, -0.15) is 9.78 Å². The molecule has 2 heterocycles. The van der Waals surface area contributed by atoms with Crippen LogP contribution in [0.5, 0.6) is 5.75 Å². The van der Waals surface area contributed by atoms with Gasteiger partial charge in [0.15, 0.2) is 11.9 Å². The van der Waals surface area contributed by atoms with Gasteiger partial charge >= 0.3 is 5.97 Å². The Morgan fingerprint density at radius 1 is 1.15 bits per heavy atom. The van der Waals surface area contributed by atoms with Crippen LogP contribution in [0.1, 0.15) is 19.4 Å². The molecule has 0 radical (unpaired) electrons. The summed E-state index contributed by atoms with van der Waals surface area (Å²) in [5, 5.41) is 6.27. The van der Waals surface area contributed by atoms with Crippen LogP contribution >= 0.6 is 11.6 Å². The van der Waals surface area contributed by atoms with E-state index in [1.54, 1.807) is 68.4 Å². The van der Waals surface area contributed by atoms with E-state index < -0.39 is 12.1 Å². The molecule has 0 N–H and O–H groups in total. The molecule has 204 valence electrons. The van der Waals surface area contributed by atoms with Crippen LogP contribution in [0.15, 0.2) is 81.0 Å². The molecular weight excluding hydrogens is 532 g/mol. The number of anilines is 1. The molecule has 9 nitrogen and oxygen atoms in total. The third kappa shape index (κ3) is 5.41. The van der Waals surface area contributed by atoms with E-state index in [-0.39, 0.29) is 18.0 Å².